The summed E-state index contributed by atoms with van der Waals surface area (Å²) in [4.78, 5) is 20.1. The molecule has 0 aliphatic carbocycles. The predicted molar refractivity (Wildman–Crippen MR) is 123 cm³/mol. The van der Waals surface area contributed by atoms with Crippen molar-refractivity contribution >= 4 is 41.5 Å². The van der Waals surface area contributed by atoms with E-state index in [1.807, 2.05) is 9.80 Å². The highest BCUT2D eigenvalue weighted by Crippen LogP contribution is 2.31. The fraction of sp³-hybridized carbons (Fsp3) is 0.400. The van der Waals surface area contributed by atoms with Crippen LogP contribution in [0.15, 0.2) is 52.1 Å². The lowest BCUT2D eigenvalue weighted by Gasteiger charge is -2.37. The van der Waals surface area contributed by atoms with Crippen molar-refractivity contribution in [3.8, 4) is 0 Å². The van der Waals surface area contributed by atoms with Crippen molar-refractivity contribution in [1.29, 1.82) is 0 Å². The number of carbonyl (C=O) groups is 1. The van der Waals surface area contributed by atoms with Gasteiger partial charge in [-0.2, -0.15) is 13.2 Å². The Kier molecular flexibility index (Phi) is 9.01. The highest BCUT2D eigenvalue weighted by Gasteiger charge is 2.31. The summed E-state index contributed by atoms with van der Waals surface area (Å²) in [5.41, 5.74) is -0.0791. The molecule has 1 aliphatic heterocycles. The number of hydrogen-bond acceptors (Lipinski definition) is 4. The van der Waals surface area contributed by atoms with Crippen molar-refractivity contribution in [3.63, 3.8) is 0 Å². The van der Waals surface area contributed by atoms with E-state index in [1.165, 1.54) is 18.4 Å². The minimum absolute atomic E-state index is 0. The molecule has 2 heterocycles. The average molecular weight is 551 g/mol. The number of guanidine groups is 1. The number of carbonyl (C=O) groups excluding carboxylic acids is 1. The molecule has 11 heteroatoms. The number of halogens is 4. The van der Waals surface area contributed by atoms with Gasteiger partial charge in [0.2, 0.25) is 0 Å². The summed E-state index contributed by atoms with van der Waals surface area (Å²) in [6.45, 7) is 3.27. The molecule has 7 nitrogen and oxygen atoms in total. The number of furan rings is 1. The van der Waals surface area contributed by atoms with Crippen LogP contribution in [0.2, 0.25) is 0 Å². The van der Waals surface area contributed by atoms with Gasteiger partial charge in [-0.05, 0) is 30.3 Å². The van der Waals surface area contributed by atoms with Gasteiger partial charge in [0, 0.05) is 52.0 Å². The Morgan fingerprint density at radius 3 is 2.42 bits per heavy atom. The van der Waals surface area contributed by atoms with Crippen LogP contribution in [0.3, 0.4) is 0 Å². The summed E-state index contributed by atoms with van der Waals surface area (Å²) in [6.07, 6.45) is -2.91. The molecule has 1 saturated heterocycles. The number of rotatable bonds is 5. The smallest absolute Gasteiger partial charge is 0.416 e. The molecule has 0 unspecified atom stereocenters. The van der Waals surface area contributed by atoms with Crippen molar-refractivity contribution in [2.24, 2.45) is 4.99 Å². The zero-order valence-electron chi connectivity index (χ0n) is 17.0. The lowest BCUT2D eigenvalue weighted by atomic mass is 10.1. The largest absolute Gasteiger partial charge is 0.459 e. The van der Waals surface area contributed by atoms with Gasteiger partial charge in [-0.15, -0.1) is 24.0 Å². The van der Waals surface area contributed by atoms with Crippen LogP contribution in [0.25, 0.3) is 0 Å². The molecule has 1 aromatic carbocycles. The maximum Gasteiger partial charge on any atom is 0.416 e. The number of amides is 1. The molecule has 31 heavy (non-hydrogen) atoms. The Balaban J connectivity index is 0.00000341. The Morgan fingerprint density at radius 2 is 1.81 bits per heavy atom. The van der Waals surface area contributed by atoms with Crippen LogP contribution in [-0.2, 0) is 6.18 Å². The van der Waals surface area contributed by atoms with Gasteiger partial charge >= 0.3 is 6.18 Å². The summed E-state index contributed by atoms with van der Waals surface area (Å²) < 4.78 is 43.9. The first-order chi connectivity index (χ1) is 14.4. The molecule has 1 amide bonds. The number of benzene rings is 1. The van der Waals surface area contributed by atoms with Crippen LogP contribution in [-0.4, -0.2) is 63.1 Å². The lowest BCUT2D eigenvalue weighted by molar-refractivity contribution is -0.137. The number of anilines is 1. The molecule has 2 N–H and O–H groups in total. The molecule has 0 radical (unpaired) electrons. The molecule has 1 fully saturated rings. The van der Waals surface area contributed by atoms with Crippen LogP contribution in [0, 0.1) is 0 Å². The molecule has 0 saturated carbocycles. The molecule has 0 atom stereocenters. The Labute approximate surface area is 195 Å². The van der Waals surface area contributed by atoms with Crippen molar-refractivity contribution in [2.45, 2.75) is 6.18 Å². The van der Waals surface area contributed by atoms with E-state index in [0.717, 1.165) is 6.07 Å². The highest BCUT2D eigenvalue weighted by molar-refractivity contribution is 14.0. The van der Waals surface area contributed by atoms with Gasteiger partial charge < -0.3 is 24.9 Å². The number of alkyl halides is 3. The number of aliphatic imine (C=N–C) groups is 1. The quantitative estimate of drug-likeness (QED) is 0.259. The normalized spacial score (nSPS) is 14.8. The van der Waals surface area contributed by atoms with Crippen molar-refractivity contribution in [1.82, 2.24) is 15.5 Å². The van der Waals surface area contributed by atoms with Gasteiger partial charge in [0.05, 0.1) is 11.8 Å². The SMILES string of the molecule is CN=C(NCCNC(=O)c1ccco1)N1CCN(c2cccc(C(F)(F)F)c2)CC1.I. The van der Waals surface area contributed by atoms with Gasteiger partial charge in [0.25, 0.3) is 5.91 Å². The van der Waals surface area contributed by atoms with E-state index in [0.29, 0.717) is 50.9 Å². The molecule has 1 aromatic heterocycles. The van der Waals surface area contributed by atoms with E-state index in [-0.39, 0.29) is 35.6 Å². The van der Waals surface area contributed by atoms with Crippen LogP contribution in [0.1, 0.15) is 16.1 Å². The van der Waals surface area contributed by atoms with Gasteiger partial charge in [-0.3, -0.25) is 9.79 Å². The number of piperazine rings is 1. The zero-order valence-corrected chi connectivity index (χ0v) is 19.3. The van der Waals surface area contributed by atoms with Gasteiger partial charge in [0.1, 0.15) is 0 Å². The van der Waals surface area contributed by atoms with Crippen LogP contribution in [0.4, 0.5) is 18.9 Å². The molecule has 0 bridgehead atoms. The topological polar surface area (TPSA) is 73.1 Å². The molecule has 1 aliphatic rings. The van der Waals surface area contributed by atoms with Gasteiger partial charge in [-0.25, -0.2) is 0 Å². The van der Waals surface area contributed by atoms with E-state index in [1.54, 1.807) is 25.2 Å². The molecule has 3 rings (SSSR count). The zero-order chi connectivity index (χ0) is 21.6. The predicted octanol–water partition coefficient (Wildman–Crippen LogP) is 3.04. The van der Waals surface area contributed by atoms with Gasteiger partial charge in [0.15, 0.2) is 11.7 Å². The standard InChI is InChI=1S/C20H24F3N5O2.HI/c1-24-19(26-8-7-25-18(29)17-6-3-13-30-17)28-11-9-27(10-12-28)16-5-2-4-15(14-16)20(21,22)23;/h2-6,13-14H,7-12H2,1H3,(H,24,26)(H,25,29);1H. The van der Waals surface area contributed by atoms with Crippen LogP contribution in [0.5, 0.6) is 0 Å². The number of hydrogen-bond donors (Lipinski definition) is 2. The van der Waals surface area contributed by atoms with Crippen molar-refractivity contribution < 1.29 is 22.4 Å². The van der Waals surface area contributed by atoms with E-state index < -0.39 is 11.7 Å². The Bertz CT molecular complexity index is 866. The molecular formula is C20H25F3IN5O2. The fourth-order valence-electron chi connectivity index (χ4n) is 3.23. The van der Waals surface area contributed by atoms with E-state index in [9.17, 15) is 18.0 Å². The van der Waals surface area contributed by atoms with Gasteiger partial charge in [-0.1, -0.05) is 6.07 Å². The summed E-state index contributed by atoms with van der Waals surface area (Å²) in [7, 11) is 1.67. The minimum atomic E-state index is -4.35. The first-order valence-electron chi connectivity index (χ1n) is 9.58. The molecule has 0 spiro atoms. The summed E-state index contributed by atoms with van der Waals surface area (Å²) in [6, 6.07) is 8.63. The average Bonchev–Trinajstić information content (AvgIpc) is 3.28. The second-order valence-corrected chi connectivity index (χ2v) is 6.73. The minimum Gasteiger partial charge on any atom is -0.459 e. The summed E-state index contributed by atoms with van der Waals surface area (Å²) >= 11 is 0. The van der Waals surface area contributed by atoms with Crippen molar-refractivity contribution in [3.05, 3.63) is 54.0 Å². The number of nitrogens with one attached hydrogen (secondary N) is 2. The first-order valence-corrected chi connectivity index (χ1v) is 9.58. The first kappa shape index (κ1) is 24.8. The number of nitrogens with zero attached hydrogens (tertiary/aromatic N) is 3. The van der Waals surface area contributed by atoms with E-state index in [2.05, 4.69) is 15.6 Å². The molecule has 170 valence electrons. The third-order valence-electron chi connectivity index (χ3n) is 4.77. The second kappa shape index (κ2) is 11.3. The fourth-order valence-corrected chi connectivity index (χ4v) is 3.23. The van der Waals surface area contributed by atoms with Crippen molar-refractivity contribution in [2.75, 3.05) is 51.2 Å². The second-order valence-electron chi connectivity index (χ2n) is 6.73. The van der Waals surface area contributed by atoms with E-state index >= 15 is 0 Å². The maximum atomic E-state index is 12.9. The summed E-state index contributed by atoms with van der Waals surface area (Å²) in [5, 5.41) is 5.93. The van der Waals surface area contributed by atoms with Crippen LogP contribution < -0.4 is 15.5 Å². The maximum absolute atomic E-state index is 12.9. The van der Waals surface area contributed by atoms with E-state index in [4.69, 9.17) is 4.42 Å². The monoisotopic (exact) mass is 551 g/mol. The summed E-state index contributed by atoms with van der Waals surface area (Å²) in [5.74, 6) is 0.655. The lowest BCUT2D eigenvalue weighted by Crippen LogP contribution is -2.53. The highest BCUT2D eigenvalue weighted by atomic mass is 127. The third-order valence-corrected chi connectivity index (χ3v) is 4.77. The Morgan fingerprint density at radius 1 is 1.10 bits per heavy atom. The Hall–Kier alpha value is -2.44. The molecule has 2 aromatic rings. The third kappa shape index (κ3) is 6.77. The van der Waals surface area contributed by atoms with Crippen LogP contribution >= 0.6 is 24.0 Å². The molecular weight excluding hydrogens is 526 g/mol.